The van der Waals surface area contributed by atoms with Gasteiger partial charge in [-0.15, -0.1) is 5.10 Å². The lowest BCUT2D eigenvalue weighted by atomic mass is 10.3. The summed E-state index contributed by atoms with van der Waals surface area (Å²) in [7, 11) is 0. The van der Waals surface area contributed by atoms with Crippen molar-refractivity contribution in [2.24, 2.45) is 0 Å². The molecule has 3 rings (SSSR count). The molecule has 0 bridgehead atoms. The summed E-state index contributed by atoms with van der Waals surface area (Å²) in [5, 5.41) is 4.76. The van der Waals surface area contributed by atoms with Crippen LogP contribution in [0.25, 0.3) is 17.2 Å². The first-order chi connectivity index (χ1) is 8.24. The number of halogens is 1. The van der Waals surface area contributed by atoms with Crippen molar-refractivity contribution in [1.29, 1.82) is 0 Å². The molecule has 0 fully saturated rings. The Morgan fingerprint density at radius 1 is 1.29 bits per heavy atom. The van der Waals surface area contributed by atoms with Crippen molar-refractivity contribution >= 4 is 22.9 Å². The molecule has 5 nitrogen and oxygen atoms in total. The van der Waals surface area contributed by atoms with E-state index >= 15 is 0 Å². The summed E-state index contributed by atoms with van der Waals surface area (Å²) in [5.74, 6) is 0.548. The van der Waals surface area contributed by atoms with Gasteiger partial charge in [0, 0.05) is 12.3 Å². The van der Waals surface area contributed by atoms with Crippen molar-refractivity contribution in [2.75, 3.05) is 5.73 Å². The molecule has 3 aromatic heterocycles. The maximum absolute atomic E-state index is 5.92. The van der Waals surface area contributed by atoms with Gasteiger partial charge in [0.25, 0.3) is 0 Å². The van der Waals surface area contributed by atoms with Crippen molar-refractivity contribution in [3.8, 4) is 11.5 Å². The highest BCUT2D eigenvalue weighted by molar-refractivity contribution is 6.33. The highest BCUT2D eigenvalue weighted by Crippen LogP contribution is 2.21. The molecule has 0 aromatic carbocycles. The van der Waals surface area contributed by atoms with E-state index in [1.165, 1.54) is 0 Å². The van der Waals surface area contributed by atoms with Crippen LogP contribution in [0.15, 0.2) is 36.7 Å². The number of nitrogen functional groups attached to an aromatic ring is 1. The second-order valence-electron chi connectivity index (χ2n) is 3.53. The number of anilines is 1. The largest absolute Gasteiger partial charge is 0.396 e. The number of nitrogens with zero attached hydrogens (tertiary/aromatic N) is 4. The van der Waals surface area contributed by atoms with E-state index in [2.05, 4.69) is 15.1 Å². The average Bonchev–Trinajstić information content (AvgIpc) is 2.74. The molecule has 0 saturated heterocycles. The number of hydrogen-bond acceptors (Lipinski definition) is 4. The van der Waals surface area contributed by atoms with Crippen LogP contribution in [0, 0.1) is 0 Å². The minimum absolute atomic E-state index is 0.469. The van der Waals surface area contributed by atoms with Crippen LogP contribution in [-0.4, -0.2) is 19.6 Å². The van der Waals surface area contributed by atoms with Crippen LogP contribution in [0.5, 0.6) is 0 Å². The number of fused-ring (bicyclic) bond motifs is 1. The second-order valence-corrected chi connectivity index (χ2v) is 3.94. The highest BCUT2D eigenvalue weighted by atomic mass is 35.5. The Labute approximate surface area is 102 Å². The summed E-state index contributed by atoms with van der Waals surface area (Å²) in [4.78, 5) is 8.52. The monoisotopic (exact) mass is 245 g/mol. The summed E-state index contributed by atoms with van der Waals surface area (Å²) in [6.45, 7) is 0. The van der Waals surface area contributed by atoms with Crippen molar-refractivity contribution in [3.63, 3.8) is 0 Å². The Kier molecular flexibility index (Phi) is 2.19. The van der Waals surface area contributed by atoms with Gasteiger partial charge in [-0.2, -0.15) is 0 Å². The zero-order valence-electron chi connectivity index (χ0n) is 8.71. The van der Waals surface area contributed by atoms with Gasteiger partial charge in [-0.05, 0) is 12.1 Å². The van der Waals surface area contributed by atoms with E-state index in [1.807, 2.05) is 18.2 Å². The lowest BCUT2D eigenvalue weighted by molar-refractivity contribution is 0.964. The van der Waals surface area contributed by atoms with Crippen LogP contribution in [0.2, 0.25) is 5.02 Å². The first-order valence-electron chi connectivity index (χ1n) is 4.97. The Hall–Kier alpha value is -2.14. The van der Waals surface area contributed by atoms with E-state index in [-0.39, 0.29) is 0 Å². The average molecular weight is 246 g/mol. The predicted octanol–water partition coefficient (Wildman–Crippen LogP) is 2.03. The zero-order chi connectivity index (χ0) is 11.8. The van der Waals surface area contributed by atoms with Gasteiger partial charge in [0.05, 0.1) is 16.9 Å². The van der Waals surface area contributed by atoms with Crippen LogP contribution in [0.1, 0.15) is 0 Å². The van der Waals surface area contributed by atoms with Crippen LogP contribution in [0.4, 0.5) is 5.69 Å². The summed E-state index contributed by atoms with van der Waals surface area (Å²) >= 11 is 5.92. The fourth-order valence-corrected chi connectivity index (χ4v) is 1.67. The Bertz CT molecular complexity index is 638. The Morgan fingerprint density at radius 2 is 2.18 bits per heavy atom. The minimum Gasteiger partial charge on any atom is -0.396 e. The van der Waals surface area contributed by atoms with Gasteiger partial charge in [-0.25, -0.2) is 9.50 Å². The molecule has 2 N–H and O–H groups in total. The summed E-state index contributed by atoms with van der Waals surface area (Å²) in [6, 6.07) is 7.25. The van der Waals surface area contributed by atoms with E-state index in [1.54, 1.807) is 23.0 Å². The smallest absolute Gasteiger partial charge is 0.200 e. The van der Waals surface area contributed by atoms with E-state index in [0.29, 0.717) is 27.9 Å². The van der Waals surface area contributed by atoms with Gasteiger partial charge in [0.2, 0.25) is 5.82 Å². The molecule has 0 unspecified atom stereocenters. The topological polar surface area (TPSA) is 69.1 Å². The van der Waals surface area contributed by atoms with Gasteiger partial charge < -0.3 is 5.73 Å². The molecule has 3 heterocycles. The Balaban J connectivity index is 2.21. The molecular weight excluding hydrogens is 238 g/mol. The fraction of sp³-hybridized carbons (Fsp3) is 0. The number of hydrogen-bond donors (Lipinski definition) is 1. The Morgan fingerprint density at radius 3 is 2.94 bits per heavy atom. The van der Waals surface area contributed by atoms with E-state index in [4.69, 9.17) is 17.3 Å². The molecule has 17 heavy (non-hydrogen) atoms. The van der Waals surface area contributed by atoms with Crippen molar-refractivity contribution in [2.45, 2.75) is 0 Å². The van der Waals surface area contributed by atoms with Crippen LogP contribution in [0.3, 0.4) is 0 Å². The van der Waals surface area contributed by atoms with E-state index < -0.39 is 0 Å². The molecule has 0 atom stereocenters. The molecule has 0 saturated carbocycles. The standard InChI is InChI=1S/C11H8ClN5/c12-7-5-10-15-11(9-3-1-2-4-14-9)16-17(10)6-8(7)13/h1-6H,13H2. The highest BCUT2D eigenvalue weighted by Gasteiger charge is 2.08. The number of pyridine rings is 2. The molecule has 0 aliphatic heterocycles. The van der Waals surface area contributed by atoms with E-state index in [0.717, 1.165) is 0 Å². The van der Waals surface area contributed by atoms with Gasteiger partial charge >= 0.3 is 0 Å². The molecule has 84 valence electrons. The fourth-order valence-electron chi connectivity index (χ4n) is 1.52. The first-order valence-corrected chi connectivity index (χ1v) is 5.34. The SMILES string of the molecule is Nc1cn2nc(-c3ccccn3)nc2cc1Cl. The van der Waals surface area contributed by atoms with Crippen LogP contribution >= 0.6 is 11.6 Å². The molecule has 0 radical (unpaired) electrons. The van der Waals surface area contributed by atoms with Gasteiger partial charge in [-0.3, -0.25) is 4.98 Å². The number of nitrogens with two attached hydrogens (primary N) is 1. The van der Waals surface area contributed by atoms with Crippen LogP contribution in [-0.2, 0) is 0 Å². The third kappa shape index (κ3) is 1.70. The van der Waals surface area contributed by atoms with Crippen molar-refractivity contribution in [3.05, 3.63) is 41.7 Å². The van der Waals surface area contributed by atoms with Gasteiger partial charge in [-0.1, -0.05) is 17.7 Å². The summed E-state index contributed by atoms with van der Waals surface area (Å²) in [6.07, 6.45) is 3.33. The third-order valence-corrected chi connectivity index (χ3v) is 2.67. The maximum Gasteiger partial charge on any atom is 0.200 e. The summed E-state index contributed by atoms with van der Waals surface area (Å²) < 4.78 is 1.59. The lowest BCUT2D eigenvalue weighted by Gasteiger charge is -1.96. The molecule has 0 amide bonds. The first kappa shape index (κ1) is 10.0. The molecule has 0 spiro atoms. The second kappa shape index (κ2) is 3.71. The van der Waals surface area contributed by atoms with E-state index in [9.17, 15) is 0 Å². The predicted molar refractivity (Wildman–Crippen MR) is 65.6 cm³/mol. The number of aromatic nitrogens is 4. The zero-order valence-corrected chi connectivity index (χ0v) is 9.46. The van der Waals surface area contributed by atoms with Crippen LogP contribution < -0.4 is 5.73 Å². The molecule has 0 aliphatic rings. The molecule has 0 aliphatic carbocycles. The quantitative estimate of drug-likeness (QED) is 0.712. The van der Waals surface area contributed by atoms with Gasteiger partial charge in [0.15, 0.2) is 5.65 Å². The molecule has 6 heteroatoms. The van der Waals surface area contributed by atoms with Crippen molar-refractivity contribution < 1.29 is 0 Å². The van der Waals surface area contributed by atoms with Crippen molar-refractivity contribution in [1.82, 2.24) is 19.6 Å². The third-order valence-electron chi connectivity index (χ3n) is 2.34. The summed E-state index contributed by atoms with van der Waals surface area (Å²) in [5.41, 5.74) is 7.52. The molecular formula is C11H8ClN5. The number of rotatable bonds is 1. The maximum atomic E-state index is 5.92. The lowest BCUT2D eigenvalue weighted by Crippen LogP contribution is -1.93. The minimum atomic E-state index is 0.469. The normalized spacial score (nSPS) is 10.9. The molecule has 3 aromatic rings. The van der Waals surface area contributed by atoms with Gasteiger partial charge in [0.1, 0.15) is 5.69 Å².